The van der Waals surface area contributed by atoms with Crippen LogP contribution in [-0.2, 0) is 23.6 Å². The van der Waals surface area contributed by atoms with Gasteiger partial charge in [-0.25, -0.2) is 9.78 Å². The number of hydrogen-bond acceptors (Lipinski definition) is 5. The van der Waals surface area contributed by atoms with E-state index in [-0.39, 0.29) is 31.3 Å². The maximum absolute atomic E-state index is 13.4. The fourth-order valence-corrected chi connectivity index (χ4v) is 4.66. The molecular weight excluding hydrogens is 532 g/mol. The Kier molecular flexibility index (Phi) is 7.71. The zero-order chi connectivity index (χ0) is 28.5. The number of amides is 1. The lowest BCUT2D eigenvalue weighted by Crippen LogP contribution is -2.38. The van der Waals surface area contributed by atoms with Gasteiger partial charge < -0.3 is 18.8 Å². The third kappa shape index (κ3) is 5.76. The first-order valence-electron chi connectivity index (χ1n) is 11.9. The van der Waals surface area contributed by atoms with Crippen molar-refractivity contribution in [3.8, 4) is 11.5 Å². The van der Waals surface area contributed by atoms with Crippen molar-refractivity contribution in [2.24, 2.45) is 0 Å². The summed E-state index contributed by atoms with van der Waals surface area (Å²) in [6.45, 7) is 1.77. The van der Waals surface area contributed by atoms with Crippen molar-refractivity contribution in [2.75, 3.05) is 32.3 Å². The fourth-order valence-electron chi connectivity index (χ4n) is 4.66. The first-order valence-corrected chi connectivity index (χ1v) is 11.9. The smallest absolute Gasteiger partial charge is 0.416 e. The van der Waals surface area contributed by atoms with Crippen molar-refractivity contribution in [1.82, 2.24) is 9.55 Å². The third-order valence-corrected chi connectivity index (χ3v) is 6.39. The number of carbonyl (C=O) groups excluding carboxylic acids is 1. The lowest BCUT2D eigenvalue weighted by molar-refractivity contribution is -0.143. The highest BCUT2D eigenvalue weighted by molar-refractivity contribution is 5.90. The van der Waals surface area contributed by atoms with Crippen LogP contribution in [0.5, 0.6) is 11.5 Å². The van der Waals surface area contributed by atoms with Crippen LogP contribution in [0.15, 0.2) is 42.7 Å². The predicted octanol–water partition coefficient (Wildman–Crippen LogP) is 6.48. The average Bonchev–Trinajstić information content (AvgIpc) is 3.33. The Balaban J connectivity index is 1.78. The standard InChI is InChI=1S/C26H25F6N3O4/c1-4-39-24(36)35-7-5-18(19-12-21(37-2)22(38-3)13-20(19)35)23-33-6-8-34(23)14-15-9-16(25(27,28)29)11-17(10-15)26(30,31)32/h6,8-13,18H,4-5,7,14H2,1-3H3. The fraction of sp³-hybridized carbons (Fsp3) is 0.385. The van der Waals surface area contributed by atoms with E-state index in [1.54, 1.807) is 19.1 Å². The molecule has 1 amide bonds. The van der Waals surface area contributed by atoms with Gasteiger partial charge >= 0.3 is 18.4 Å². The molecule has 1 aliphatic rings. The number of imidazole rings is 1. The van der Waals surface area contributed by atoms with Crippen molar-refractivity contribution in [2.45, 2.75) is 38.2 Å². The summed E-state index contributed by atoms with van der Waals surface area (Å²) in [6.07, 6.45) is -7.22. The minimum atomic E-state index is -4.96. The van der Waals surface area contributed by atoms with Gasteiger partial charge in [0.05, 0.1) is 37.6 Å². The molecule has 3 aromatic rings. The molecular formula is C26H25F6N3O4. The van der Waals surface area contributed by atoms with Gasteiger partial charge in [0.1, 0.15) is 5.82 Å². The maximum atomic E-state index is 13.4. The molecule has 0 saturated heterocycles. The quantitative estimate of drug-likeness (QED) is 0.325. The number of fused-ring (bicyclic) bond motifs is 1. The Morgan fingerprint density at radius 1 is 0.974 bits per heavy atom. The minimum Gasteiger partial charge on any atom is -0.493 e. The number of nitrogens with zero attached hydrogens (tertiary/aromatic N) is 3. The second-order valence-electron chi connectivity index (χ2n) is 8.79. The monoisotopic (exact) mass is 557 g/mol. The number of anilines is 1. The highest BCUT2D eigenvalue weighted by Gasteiger charge is 2.38. The van der Waals surface area contributed by atoms with E-state index in [2.05, 4.69) is 4.98 Å². The lowest BCUT2D eigenvalue weighted by atomic mass is 9.88. The lowest BCUT2D eigenvalue weighted by Gasteiger charge is -2.34. The van der Waals surface area contributed by atoms with E-state index < -0.39 is 35.5 Å². The van der Waals surface area contributed by atoms with Gasteiger partial charge in [0.25, 0.3) is 0 Å². The van der Waals surface area contributed by atoms with E-state index in [0.717, 1.165) is 0 Å². The van der Waals surface area contributed by atoms with Crippen molar-refractivity contribution >= 4 is 11.8 Å². The second kappa shape index (κ2) is 10.7. The Morgan fingerprint density at radius 3 is 2.15 bits per heavy atom. The zero-order valence-corrected chi connectivity index (χ0v) is 21.2. The first-order chi connectivity index (χ1) is 18.4. The summed E-state index contributed by atoms with van der Waals surface area (Å²) in [5, 5.41) is 0. The van der Waals surface area contributed by atoms with Gasteiger partial charge in [-0.15, -0.1) is 0 Å². The molecule has 210 valence electrons. The molecule has 0 N–H and O–H groups in total. The van der Waals surface area contributed by atoms with Crippen LogP contribution >= 0.6 is 0 Å². The van der Waals surface area contributed by atoms with Crippen LogP contribution in [0.3, 0.4) is 0 Å². The molecule has 4 rings (SSSR count). The largest absolute Gasteiger partial charge is 0.493 e. The van der Waals surface area contributed by atoms with Crippen molar-refractivity contribution < 1.29 is 45.3 Å². The van der Waals surface area contributed by atoms with Crippen molar-refractivity contribution in [1.29, 1.82) is 0 Å². The highest BCUT2D eigenvalue weighted by Crippen LogP contribution is 2.45. The topological polar surface area (TPSA) is 65.8 Å². The molecule has 1 unspecified atom stereocenters. The molecule has 2 heterocycles. The van der Waals surface area contributed by atoms with E-state index in [4.69, 9.17) is 14.2 Å². The molecule has 1 atom stereocenters. The van der Waals surface area contributed by atoms with Crippen LogP contribution in [0.4, 0.5) is 36.8 Å². The van der Waals surface area contributed by atoms with E-state index in [1.807, 2.05) is 0 Å². The predicted molar refractivity (Wildman–Crippen MR) is 128 cm³/mol. The van der Waals surface area contributed by atoms with Gasteiger partial charge in [0.2, 0.25) is 0 Å². The van der Waals surface area contributed by atoms with Crippen LogP contribution in [-0.4, -0.2) is 43.0 Å². The van der Waals surface area contributed by atoms with E-state index >= 15 is 0 Å². The van der Waals surface area contributed by atoms with Gasteiger partial charge in [0.15, 0.2) is 11.5 Å². The Hall–Kier alpha value is -3.90. The van der Waals surface area contributed by atoms with Gasteiger partial charge in [0, 0.05) is 37.5 Å². The molecule has 0 saturated carbocycles. The van der Waals surface area contributed by atoms with Crippen LogP contribution < -0.4 is 14.4 Å². The number of halogens is 6. The summed E-state index contributed by atoms with van der Waals surface area (Å²) in [5.41, 5.74) is -1.89. The van der Waals surface area contributed by atoms with Gasteiger partial charge in [-0.1, -0.05) is 0 Å². The van der Waals surface area contributed by atoms with Gasteiger partial charge in [-0.05, 0) is 48.7 Å². The Bertz CT molecular complexity index is 1320. The summed E-state index contributed by atoms with van der Waals surface area (Å²) in [5.74, 6) is 0.669. The summed E-state index contributed by atoms with van der Waals surface area (Å²) in [7, 11) is 2.88. The summed E-state index contributed by atoms with van der Waals surface area (Å²) >= 11 is 0. The van der Waals surface area contributed by atoms with Gasteiger partial charge in [-0.2, -0.15) is 26.3 Å². The second-order valence-corrected chi connectivity index (χ2v) is 8.79. The molecule has 0 bridgehead atoms. The molecule has 7 nitrogen and oxygen atoms in total. The van der Waals surface area contributed by atoms with E-state index in [9.17, 15) is 31.1 Å². The van der Waals surface area contributed by atoms with E-state index in [1.165, 1.54) is 36.1 Å². The molecule has 13 heteroatoms. The Labute approximate surface area is 219 Å². The minimum absolute atomic E-state index is 0.0966. The Morgan fingerprint density at radius 2 is 1.59 bits per heavy atom. The van der Waals surface area contributed by atoms with E-state index in [0.29, 0.717) is 47.1 Å². The number of ether oxygens (including phenoxy) is 3. The number of rotatable bonds is 6. The average molecular weight is 557 g/mol. The molecule has 0 radical (unpaired) electrons. The maximum Gasteiger partial charge on any atom is 0.416 e. The van der Waals surface area contributed by atoms with Crippen LogP contribution in [0, 0.1) is 0 Å². The first kappa shape index (κ1) is 28.1. The molecule has 2 aromatic carbocycles. The molecule has 0 aliphatic carbocycles. The summed E-state index contributed by atoms with van der Waals surface area (Å²) in [6, 6.07) is 4.79. The molecule has 1 aliphatic heterocycles. The van der Waals surface area contributed by atoms with Crippen LogP contribution in [0.25, 0.3) is 0 Å². The number of hydrogen-bond donors (Lipinski definition) is 0. The number of methoxy groups -OCH3 is 2. The number of benzene rings is 2. The summed E-state index contributed by atoms with van der Waals surface area (Å²) in [4.78, 5) is 18.5. The normalized spacial score (nSPS) is 15.6. The SMILES string of the molecule is CCOC(=O)N1CCC(c2nccn2Cc2cc(C(F)(F)F)cc(C(F)(F)F)c2)c2cc(OC)c(OC)cc21. The number of aromatic nitrogens is 2. The van der Waals surface area contributed by atoms with Crippen LogP contribution in [0.1, 0.15) is 47.3 Å². The van der Waals surface area contributed by atoms with Crippen LogP contribution in [0.2, 0.25) is 0 Å². The molecule has 0 fully saturated rings. The van der Waals surface area contributed by atoms with Crippen molar-refractivity contribution in [3.63, 3.8) is 0 Å². The number of carbonyl (C=O) groups is 1. The third-order valence-electron chi connectivity index (χ3n) is 6.39. The number of alkyl halides is 6. The highest BCUT2D eigenvalue weighted by atomic mass is 19.4. The zero-order valence-electron chi connectivity index (χ0n) is 21.2. The molecule has 39 heavy (non-hydrogen) atoms. The molecule has 1 aromatic heterocycles. The summed E-state index contributed by atoms with van der Waals surface area (Å²) < 4.78 is 97.8. The molecule has 0 spiro atoms. The van der Waals surface area contributed by atoms with Crippen molar-refractivity contribution in [3.05, 3.63) is 70.8 Å². The van der Waals surface area contributed by atoms with Gasteiger partial charge in [-0.3, -0.25) is 4.90 Å².